The van der Waals surface area contributed by atoms with E-state index in [0.717, 1.165) is 42.9 Å². The molecule has 2 aromatic heterocycles. The summed E-state index contributed by atoms with van der Waals surface area (Å²) >= 11 is 0. The molecule has 140 valence electrons. The summed E-state index contributed by atoms with van der Waals surface area (Å²) in [7, 11) is 1.90. The van der Waals surface area contributed by atoms with Crippen LogP contribution in [0, 0.1) is 20.8 Å². The van der Waals surface area contributed by atoms with Crippen LogP contribution in [0.3, 0.4) is 0 Å². The second-order valence-electron chi connectivity index (χ2n) is 7.97. The molecule has 0 N–H and O–H groups in total. The van der Waals surface area contributed by atoms with Crippen LogP contribution in [0.15, 0.2) is 6.20 Å². The second-order valence-corrected chi connectivity index (χ2v) is 7.97. The first-order valence-electron chi connectivity index (χ1n) is 9.80. The second kappa shape index (κ2) is 6.56. The summed E-state index contributed by atoms with van der Waals surface area (Å²) in [6.45, 7) is 7.64. The maximum atomic E-state index is 13.2. The number of amides is 1. The van der Waals surface area contributed by atoms with E-state index < -0.39 is 0 Å². The third-order valence-corrected chi connectivity index (χ3v) is 6.25. The fraction of sp³-hybridized carbons (Fsp3) is 0.650. The van der Waals surface area contributed by atoms with E-state index in [0.29, 0.717) is 12.0 Å². The lowest BCUT2D eigenvalue weighted by atomic mass is 9.84. The van der Waals surface area contributed by atoms with Gasteiger partial charge in [0.1, 0.15) is 5.82 Å². The molecule has 1 aliphatic carbocycles. The van der Waals surface area contributed by atoms with Crippen LogP contribution in [0.5, 0.6) is 0 Å². The monoisotopic (exact) mass is 355 g/mol. The number of rotatable bonds is 3. The standard InChI is InChI=1S/C20H29N5O/c1-13-11-21-19(16-7-5-8-16)25(13)17-9-6-10-24(12-17)20(26)18-14(2)22-23(4)15(18)3/h11,16-17H,5-10,12H2,1-4H3. The number of aromatic nitrogens is 4. The first kappa shape index (κ1) is 17.3. The highest BCUT2D eigenvalue weighted by atomic mass is 16.2. The predicted octanol–water partition coefficient (Wildman–Crippen LogP) is 3.29. The molecule has 1 atom stereocenters. The van der Waals surface area contributed by atoms with Crippen LogP contribution in [-0.4, -0.2) is 43.2 Å². The summed E-state index contributed by atoms with van der Waals surface area (Å²) in [5.74, 6) is 1.97. The highest BCUT2D eigenvalue weighted by molar-refractivity contribution is 5.96. The van der Waals surface area contributed by atoms with Gasteiger partial charge < -0.3 is 9.47 Å². The van der Waals surface area contributed by atoms with Crippen LogP contribution in [0.1, 0.15) is 77.3 Å². The first-order chi connectivity index (χ1) is 12.5. The number of nitrogens with zero attached hydrogens (tertiary/aromatic N) is 5. The van der Waals surface area contributed by atoms with Crippen molar-refractivity contribution in [2.24, 2.45) is 7.05 Å². The van der Waals surface area contributed by atoms with Crippen molar-refractivity contribution in [1.29, 1.82) is 0 Å². The van der Waals surface area contributed by atoms with Crippen molar-refractivity contribution in [3.63, 3.8) is 0 Å². The van der Waals surface area contributed by atoms with Crippen molar-refractivity contribution in [3.05, 3.63) is 34.7 Å². The molecule has 0 aromatic carbocycles. The molecule has 4 rings (SSSR count). The zero-order valence-electron chi connectivity index (χ0n) is 16.3. The fourth-order valence-corrected chi connectivity index (χ4v) is 4.50. The molecule has 1 saturated heterocycles. The van der Waals surface area contributed by atoms with Gasteiger partial charge in [0.25, 0.3) is 5.91 Å². The molecule has 1 saturated carbocycles. The quantitative estimate of drug-likeness (QED) is 0.849. The Bertz CT molecular complexity index is 830. The topological polar surface area (TPSA) is 56.0 Å². The molecular formula is C20H29N5O. The third-order valence-electron chi connectivity index (χ3n) is 6.25. The van der Waals surface area contributed by atoms with E-state index in [1.807, 2.05) is 32.0 Å². The Hall–Kier alpha value is -2.11. The maximum absolute atomic E-state index is 13.2. The minimum absolute atomic E-state index is 0.126. The van der Waals surface area contributed by atoms with E-state index in [1.165, 1.54) is 30.8 Å². The van der Waals surface area contributed by atoms with Gasteiger partial charge in [0.15, 0.2) is 0 Å². The van der Waals surface area contributed by atoms with Crippen LogP contribution in [-0.2, 0) is 7.05 Å². The third kappa shape index (κ3) is 2.75. The van der Waals surface area contributed by atoms with Crippen molar-refractivity contribution >= 4 is 5.91 Å². The van der Waals surface area contributed by atoms with Gasteiger partial charge in [0.05, 0.1) is 17.3 Å². The lowest BCUT2D eigenvalue weighted by Gasteiger charge is -2.36. The fourth-order valence-electron chi connectivity index (χ4n) is 4.50. The molecule has 2 fully saturated rings. The molecule has 6 nitrogen and oxygen atoms in total. The van der Waals surface area contributed by atoms with Gasteiger partial charge in [-0.2, -0.15) is 5.10 Å². The maximum Gasteiger partial charge on any atom is 0.257 e. The Morgan fingerprint density at radius 3 is 2.54 bits per heavy atom. The van der Waals surface area contributed by atoms with Crippen molar-refractivity contribution in [2.45, 2.75) is 64.8 Å². The number of piperidine rings is 1. The van der Waals surface area contributed by atoms with E-state index in [1.54, 1.807) is 4.68 Å². The molecule has 2 aromatic rings. The van der Waals surface area contributed by atoms with Crippen molar-refractivity contribution < 1.29 is 4.79 Å². The van der Waals surface area contributed by atoms with E-state index >= 15 is 0 Å². The lowest BCUT2D eigenvalue weighted by Crippen LogP contribution is -2.41. The SMILES string of the molecule is Cc1nn(C)c(C)c1C(=O)N1CCCC(n2c(C)cnc2C2CCC2)C1. The number of carbonyl (C=O) groups excluding carboxylic acids is 1. The Balaban J connectivity index is 1.58. The molecular weight excluding hydrogens is 326 g/mol. The average Bonchev–Trinajstić information content (AvgIpc) is 3.05. The normalized spacial score (nSPS) is 21.1. The summed E-state index contributed by atoms with van der Waals surface area (Å²) in [5, 5.41) is 4.42. The van der Waals surface area contributed by atoms with Gasteiger partial charge >= 0.3 is 0 Å². The summed E-state index contributed by atoms with van der Waals surface area (Å²) in [6.07, 6.45) is 7.97. The van der Waals surface area contributed by atoms with E-state index in [2.05, 4.69) is 16.6 Å². The summed E-state index contributed by atoms with van der Waals surface area (Å²) in [6, 6.07) is 0.336. The zero-order chi connectivity index (χ0) is 18.4. The number of hydrogen-bond acceptors (Lipinski definition) is 3. The Kier molecular flexibility index (Phi) is 4.37. The largest absolute Gasteiger partial charge is 0.336 e. The molecule has 1 aliphatic heterocycles. The summed E-state index contributed by atoms with van der Waals surface area (Å²) in [5.41, 5.74) is 3.77. The minimum atomic E-state index is 0.126. The van der Waals surface area contributed by atoms with Gasteiger partial charge in [0.2, 0.25) is 0 Å². The lowest BCUT2D eigenvalue weighted by molar-refractivity contribution is 0.0673. The van der Waals surface area contributed by atoms with Gasteiger partial charge in [-0.3, -0.25) is 9.48 Å². The van der Waals surface area contributed by atoms with Gasteiger partial charge in [0, 0.05) is 43.6 Å². The van der Waals surface area contributed by atoms with Gasteiger partial charge in [-0.05, 0) is 46.5 Å². The summed E-state index contributed by atoms with van der Waals surface area (Å²) < 4.78 is 4.23. The Morgan fingerprint density at radius 1 is 1.15 bits per heavy atom. The van der Waals surface area contributed by atoms with Gasteiger partial charge in [-0.25, -0.2) is 4.98 Å². The first-order valence-corrected chi connectivity index (χ1v) is 9.80. The van der Waals surface area contributed by atoms with Crippen LogP contribution in [0.2, 0.25) is 0 Å². The van der Waals surface area contributed by atoms with Crippen LogP contribution in [0.4, 0.5) is 0 Å². The van der Waals surface area contributed by atoms with E-state index in [4.69, 9.17) is 4.98 Å². The van der Waals surface area contributed by atoms with Crippen LogP contribution in [0.25, 0.3) is 0 Å². The number of imidazole rings is 1. The number of carbonyl (C=O) groups is 1. The number of hydrogen-bond donors (Lipinski definition) is 0. The van der Waals surface area contributed by atoms with Crippen LogP contribution < -0.4 is 0 Å². The molecule has 3 heterocycles. The van der Waals surface area contributed by atoms with Crippen molar-refractivity contribution in [1.82, 2.24) is 24.2 Å². The summed E-state index contributed by atoms with van der Waals surface area (Å²) in [4.78, 5) is 19.9. The molecule has 0 bridgehead atoms. The molecule has 2 aliphatic rings. The van der Waals surface area contributed by atoms with Gasteiger partial charge in [-0.1, -0.05) is 6.42 Å². The van der Waals surface area contributed by atoms with E-state index in [-0.39, 0.29) is 5.91 Å². The molecule has 0 spiro atoms. The predicted molar refractivity (Wildman–Crippen MR) is 100 cm³/mol. The number of likely N-dealkylation sites (tertiary alicyclic amines) is 1. The Labute approximate surface area is 155 Å². The van der Waals surface area contributed by atoms with Crippen molar-refractivity contribution in [2.75, 3.05) is 13.1 Å². The smallest absolute Gasteiger partial charge is 0.257 e. The molecule has 1 amide bonds. The zero-order valence-corrected chi connectivity index (χ0v) is 16.3. The number of aryl methyl sites for hydroxylation is 3. The Morgan fingerprint density at radius 2 is 1.92 bits per heavy atom. The van der Waals surface area contributed by atoms with Crippen LogP contribution >= 0.6 is 0 Å². The highest BCUT2D eigenvalue weighted by Crippen LogP contribution is 2.38. The average molecular weight is 355 g/mol. The molecule has 1 unspecified atom stereocenters. The molecule has 0 radical (unpaired) electrons. The van der Waals surface area contributed by atoms with Gasteiger partial charge in [-0.15, -0.1) is 0 Å². The highest BCUT2D eigenvalue weighted by Gasteiger charge is 2.32. The minimum Gasteiger partial charge on any atom is -0.336 e. The molecule has 26 heavy (non-hydrogen) atoms. The van der Waals surface area contributed by atoms with Crippen molar-refractivity contribution in [3.8, 4) is 0 Å². The molecule has 6 heteroatoms. The van der Waals surface area contributed by atoms with E-state index in [9.17, 15) is 4.79 Å².